The molecule has 0 aromatic carbocycles. The van der Waals surface area contributed by atoms with E-state index in [0.29, 0.717) is 0 Å². The predicted octanol–water partition coefficient (Wildman–Crippen LogP) is 4.22. The lowest BCUT2D eigenvalue weighted by Crippen LogP contribution is -2.17. The van der Waals surface area contributed by atoms with Crippen LogP contribution in [0.5, 0.6) is 0 Å². The molecule has 1 atom stereocenters. The van der Waals surface area contributed by atoms with Crippen LogP contribution in [-0.2, 0) is 9.53 Å². The molecule has 0 rings (SSSR count). The van der Waals surface area contributed by atoms with Gasteiger partial charge in [0.2, 0.25) is 0 Å². The van der Waals surface area contributed by atoms with Gasteiger partial charge < -0.3 is 9.84 Å². The molecule has 0 spiro atoms. The summed E-state index contributed by atoms with van der Waals surface area (Å²) in [5, 5.41) is 9.54. The molecule has 114 valence electrons. The lowest BCUT2D eigenvalue weighted by Gasteiger charge is -2.09. The van der Waals surface area contributed by atoms with Crippen molar-refractivity contribution in [1.29, 1.82) is 0 Å². The number of hydrogen-bond acceptors (Lipinski definition) is 3. The third kappa shape index (κ3) is 15.4. The van der Waals surface area contributed by atoms with Gasteiger partial charge in [0.05, 0.1) is 6.10 Å². The highest BCUT2D eigenvalue weighted by molar-refractivity contribution is 5.65. The lowest BCUT2D eigenvalue weighted by atomic mass is 10.0. The van der Waals surface area contributed by atoms with Crippen LogP contribution in [0.2, 0.25) is 0 Å². The highest BCUT2D eigenvalue weighted by Crippen LogP contribution is 2.12. The normalized spacial score (nSPS) is 12.4. The van der Waals surface area contributed by atoms with Crippen LogP contribution in [0.3, 0.4) is 0 Å². The summed E-state index contributed by atoms with van der Waals surface area (Å²) < 4.78 is 4.76. The number of aliphatic hydroxyl groups is 1. The monoisotopic (exact) mass is 272 g/mol. The molecule has 19 heavy (non-hydrogen) atoms. The molecule has 1 N–H and O–H groups in total. The van der Waals surface area contributed by atoms with Gasteiger partial charge in [-0.25, -0.2) is 0 Å². The highest BCUT2D eigenvalue weighted by atomic mass is 16.5. The van der Waals surface area contributed by atoms with E-state index in [4.69, 9.17) is 4.74 Å². The van der Waals surface area contributed by atoms with Gasteiger partial charge in [-0.3, -0.25) is 4.79 Å². The Labute approximate surface area is 118 Å². The fraction of sp³-hybridized carbons (Fsp3) is 0.938. The Bertz CT molecular complexity index is 204. The van der Waals surface area contributed by atoms with Crippen molar-refractivity contribution in [3.05, 3.63) is 0 Å². The maximum atomic E-state index is 10.6. The van der Waals surface area contributed by atoms with Crippen molar-refractivity contribution in [1.82, 2.24) is 0 Å². The first-order valence-electron chi connectivity index (χ1n) is 7.98. The molecular formula is C16H32O3. The molecule has 0 aliphatic heterocycles. The molecule has 0 bridgehead atoms. The molecule has 0 aliphatic rings. The maximum Gasteiger partial charge on any atom is 0.302 e. The standard InChI is InChI=1S/C16H32O3/c1-3-4-5-6-7-8-9-10-11-12-13-16(18)14-19-15(2)17/h16,18H,3-14H2,1-2H3/t16-/m0/s1. The summed E-state index contributed by atoms with van der Waals surface area (Å²) in [5.41, 5.74) is 0. The second kappa shape index (κ2) is 13.9. The molecule has 3 nitrogen and oxygen atoms in total. The fourth-order valence-electron chi connectivity index (χ4n) is 2.16. The first kappa shape index (κ1) is 18.4. The summed E-state index contributed by atoms with van der Waals surface area (Å²) in [7, 11) is 0. The zero-order valence-electron chi connectivity index (χ0n) is 12.8. The fourth-order valence-corrected chi connectivity index (χ4v) is 2.16. The van der Waals surface area contributed by atoms with Crippen molar-refractivity contribution in [2.45, 2.75) is 90.6 Å². The van der Waals surface area contributed by atoms with Gasteiger partial charge in [-0.1, -0.05) is 71.1 Å². The Morgan fingerprint density at radius 3 is 1.89 bits per heavy atom. The van der Waals surface area contributed by atoms with Gasteiger partial charge in [0.1, 0.15) is 6.61 Å². The van der Waals surface area contributed by atoms with Crippen molar-refractivity contribution in [3.8, 4) is 0 Å². The molecule has 0 fully saturated rings. The average Bonchev–Trinajstić information content (AvgIpc) is 2.38. The minimum Gasteiger partial charge on any atom is -0.463 e. The van der Waals surface area contributed by atoms with Crippen LogP contribution < -0.4 is 0 Å². The molecule has 0 unspecified atom stereocenters. The third-order valence-corrected chi connectivity index (χ3v) is 3.37. The molecule has 0 aliphatic carbocycles. The van der Waals surface area contributed by atoms with Gasteiger partial charge >= 0.3 is 5.97 Å². The number of rotatable bonds is 13. The molecule has 0 saturated carbocycles. The van der Waals surface area contributed by atoms with E-state index in [1.807, 2.05) is 0 Å². The molecule has 0 aromatic heterocycles. The van der Waals surface area contributed by atoms with Gasteiger partial charge in [0.25, 0.3) is 0 Å². The number of aliphatic hydroxyl groups excluding tert-OH is 1. The van der Waals surface area contributed by atoms with E-state index in [2.05, 4.69) is 6.92 Å². The van der Waals surface area contributed by atoms with E-state index in [0.717, 1.165) is 12.8 Å². The largest absolute Gasteiger partial charge is 0.463 e. The van der Waals surface area contributed by atoms with E-state index in [1.54, 1.807) is 0 Å². The van der Waals surface area contributed by atoms with E-state index in [-0.39, 0.29) is 12.6 Å². The van der Waals surface area contributed by atoms with Gasteiger partial charge in [0.15, 0.2) is 0 Å². The zero-order chi connectivity index (χ0) is 14.3. The van der Waals surface area contributed by atoms with E-state index in [1.165, 1.54) is 64.7 Å². The van der Waals surface area contributed by atoms with Gasteiger partial charge in [0, 0.05) is 6.92 Å². The quantitative estimate of drug-likeness (QED) is 0.403. The number of unbranched alkanes of at least 4 members (excludes halogenated alkanes) is 9. The number of esters is 1. The number of ether oxygens (including phenoxy) is 1. The Morgan fingerprint density at radius 2 is 1.42 bits per heavy atom. The number of hydrogen-bond donors (Lipinski definition) is 1. The minimum absolute atomic E-state index is 0.146. The molecular weight excluding hydrogens is 240 g/mol. The minimum atomic E-state index is -0.488. The first-order valence-corrected chi connectivity index (χ1v) is 7.98. The van der Waals surface area contributed by atoms with Gasteiger partial charge in [-0.2, -0.15) is 0 Å². The van der Waals surface area contributed by atoms with E-state index < -0.39 is 6.10 Å². The van der Waals surface area contributed by atoms with Crippen LogP contribution in [0, 0.1) is 0 Å². The van der Waals surface area contributed by atoms with Crippen LogP contribution in [-0.4, -0.2) is 23.8 Å². The van der Waals surface area contributed by atoms with Crippen molar-refractivity contribution in [2.24, 2.45) is 0 Å². The maximum absolute atomic E-state index is 10.6. The van der Waals surface area contributed by atoms with Crippen molar-refractivity contribution >= 4 is 5.97 Å². The molecule has 0 radical (unpaired) electrons. The second-order valence-corrected chi connectivity index (χ2v) is 5.43. The smallest absolute Gasteiger partial charge is 0.302 e. The predicted molar refractivity (Wildman–Crippen MR) is 79.1 cm³/mol. The average molecular weight is 272 g/mol. The van der Waals surface area contributed by atoms with Crippen molar-refractivity contribution in [2.75, 3.05) is 6.61 Å². The van der Waals surface area contributed by atoms with Crippen LogP contribution in [0.15, 0.2) is 0 Å². The van der Waals surface area contributed by atoms with Gasteiger partial charge in [-0.05, 0) is 6.42 Å². The van der Waals surface area contributed by atoms with E-state index in [9.17, 15) is 9.90 Å². The Hall–Kier alpha value is -0.570. The summed E-state index contributed by atoms with van der Waals surface area (Å²) >= 11 is 0. The zero-order valence-corrected chi connectivity index (χ0v) is 12.8. The Balaban J connectivity index is 3.11. The summed E-state index contributed by atoms with van der Waals surface area (Å²) in [4.78, 5) is 10.6. The molecule has 0 amide bonds. The number of carbonyl (C=O) groups excluding carboxylic acids is 1. The van der Waals surface area contributed by atoms with E-state index >= 15 is 0 Å². The third-order valence-electron chi connectivity index (χ3n) is 3.37. The van der Waals surface area contributed by atoms with Crippen LogP contribution in [0.25, 0.3) is 0 Å². The number of carbonyl (C=O) groups is 1. The molecule has 0 saturated heterocycles. The van der Waals surface area contributed by atoms with Crippen LogP contribution in [0.1, 0.15) is 84.5 Å². The Kier molecular flexibility index (Phi) is 13.4. The molecule has 0 heterocycles. The van der Waals surface area contributed by atoms with Crippen molar-refractivity contribution < 1.29 is 14.6 Å². The van der Waals surface area contributed by atoms with Crippen molar-refractivity contribution in [3.63, 3.8) is 0 Å². The molecule has 0 aromatic rings. The van der Waals surface area contributed by atoms with Gasteiger partial charge in [-0.15, -0.1) is 0 Å². The summed E-state index contributed by atoms with van der Waals surface area (Å²) in [6, 6.07) is 0. The topological polar surface area (TPSA) is 46.5 Å². The van der Waals surface area contributed by atoms with Crippen LogP contribution in [0.4, 0.5) is 0 Å². The summed E-state index contributed by atoms with van der Waals surface area (Å²) in [6.45, 7) is 3.76. The molecule has 3 heteroatoms. The summed E-state index contributed by atoms with van der Waals surface area (Å²) in [5.74, 6) is -0.317. The summed E-state index contributed by atoms with van der Waals surface area (Å²) in [6.07, 6.45) is 13.2. The van der Waals surface area contributed by atoms with Crippen LogP contribution >= 0.6 is 0 Å². The highest BCUT2D eigenvalue weighted by Gasteiger charge is 2.05. The second-order valence-electron chi connectivity index (χ2n) is 5.43. The Morgan fingerprint density at radius 1 is 0.947 bits per heavy atom. The lowest BCUT2D eigenvalue weighted by molar-refractivity contribution is -0.144. The first-order chi connectivity index (χ1) is 9.16. The SMILES string of the molecule is CCCCCCCCCCCC[C@H](O)COC(C)=O.